The van der Waals surface area contributed by atoms with Crippen LogP contribution in [0.2, 0.25) is 0 Å². The number of hydrogen-bond donors (Lipinski definition) is 2. The van der Waals surface area contributed by atoms with E-state index in [1.54, 1.807) is 4.68 Å². The number of fused-ring (bicyclic) bond motifs is 1. The van der Waals surface area contributed by atoms with Crippen molar-refractivity contribution in [3.63, 3.8) is 0 Å². The Morgan fingerprint density at radius 1 is 1.38 bits per heavy atom. The average molecular weight is 411 g/mol. The second-order valence-corrected chi connectivity index (χ2v) is 8.08. The minimum atomic E-state index is 0.488. The molecule has 4 aromatic heterocycles. The molecule has 1 unspecified atom stereocenters. The molecular formula is C19H22N8OS. The van der Waals surface area contributed by atoms with E-state index in [9.17, 15) is 0 Å². The molecule has 0 bridgehead atoms. The summed E-state index contributed by atoms with van der Waals surface area (Å²) < 4.78 is 14.3. The zero-order valence-electron chi connectivity index (χ0n) is 16.3. The lowest BCUT2D eigenvalue weighted by Crippen LogP contribution is -2.16. The Labute approximate surface area is 171 Å². The van der Waals surface area contributed by atoms with Gasteiger partial charge in [-0.3, -0.25) is 4.68 Å². The Morgan fingerprint density at radius 3 is 3.03 bits per heavy atom. The van der Waals surface area contributed by atoms with Gasteiger partial charge in [-0.15, -0.1) is 0 Å². The molecule has 1 saturated heterocycles. The number of rotatable bonds is 6. The Bertz CT molecular complexity index is 1140. The second-order valence-electron chi connectivity index (χ2n) is 7.27. The molecule has 10 heteroatoms. The van der Waals surface area contributed by atoms with Crippen LogP contribution < -0.4 is 15.4 Å². The van der Waals surface area contributed by atoms with Gasteiger partial charge < -0.3 is 19.9 Å². The third kappa shape index (κ3) is 3.68. The van der Waals surface area contributed by atoms with E-state index >= 15 is 0 Å². The van der Waals surface area contributed by atoms with Crippen LogP contribution in [0.4, 0.5) is 10.9 Å². The summed E-state index contributed by atoms with van der Waals surface area (Å²) in [7, 11) is 1.90. The second kappa shape index (κ2) is 7.45. The van der Waals surface area contributed by atoms with E-state index in [0.717, 1.165) is 46.9 Å². The van der Waals surface area contributed by atoms with E-state index in [-0.39, 0.29) is 0 Å². The third-order valence-corrected chi connectivity index (χ3v) is 5.75. The SMILES string of the molecule is Cc1cc(Nc2nc(OCC3CCNC3)c3c(ccn3-c3cnn(C)c3)n2)sn1. The van der Waals surface area contributed by atoms with Crippen LogP contribution in [0.1, 0.15) is 12.1 Å². The first kappa shape index (κ1) is 18.1. The van der Waals surface area contributed by atoms with Crippen LogP contribution >= 0.6 is 11.5 Å². The van der Waals surface area contributed by atoms with Crippen molar-refractivity contribution < 1.29 is 4.74 Å². The highest BCUT2D eigenvalue weighted by atomic mass is 32.1. The first-order valence-corrected chi connectivity index (χ1v) is 10.3. The number of hydrogen-bond acceptors (Lipinski definition) is 8. The van der Waals surface area contributed by atoms with Crippen molar-refractivity contribution in [1.82, 2.24) is 34.0 Å². The van der Waals surface area contributed by atoms with Crippen molar-refractivity contribution in [2.24, 2.45) is 13.0 Å². The van der Waals surface area contributed by atoms with Crippen molar-refractivity contribution in [3.8, 4) is 11.6 Å². The topological polar surface area (TPSA) is 94.7 Å². The summed E-state index contributed by atoms with van der Waals surface area (Å²) in [5.74, 6) is 1.56. The fourth-order valence-corrected chi connectivity index (χ4v) is 4.16. The van der Waals surface area contributed by atoms with Crippen LogP contribution in [-0.2, 0) is 7.05 Å². The maximum Gasteiger partial charge on any atom is 0.243 e. The van der Waals surface area contributed by atoms with Gasteiger partial charge in [0.15, 0.2) is 0 Å². The smallest absolute Gasteiger partial charge is 0.243 e. The molecule has 29 heavy (non-hydrogen) atoms. The zero-order chi connectivity index (χ0) is 19.8. The molecule has 150 valence electrons. The molecule has 1 atom stereocenters. The van der Waals surface area contributed by atoms with Gasteiger partial charge in [0.1, 0.15) is 10.5 Å². The van der Waals surface area contributed by atoms with E-state index in [4.69, 9.17) is 9.72 Å². The third-order valence-electron chi connectivity index (χ3n) is 4.95. The monoisotopic (exact) mass is 410 g/mol. The maximum atomic E-state index is 6.22. The van der Waals surface area contributed by atoms with Gasteiger partial charge in [-0.1, -0.05) is 0 Å². The summed E-state index contributed by atoms with van der Waals surface area (Å²) in [5.41, 5.74) is 3.56. The normalized spacial score (nSPS) is 16.6. The summed E-state index contributed by atoms with van der Waals surface area (Å²) in [5, 5.41) is 11.8. The van der Waals surface area contributed by atoms with Crippen LogP contribution in [0, 0.1) is 12.8 Å². The average Bonchev–Trinajstić information content (AvgIpc) is 3.47. The Morgan fingerprint density at radius 2 is 2.31 bits per heavy atom. The molecule has 0 amide bonds. The summed E-state index contributed by atoms with van der Waals surface area (Å²) in [6.45, 7) is 4.60. The minimum Gasteiger partial charge on any atom is -0.476 e. The largest absolute Gasteiger partial charge is 0.476 e. The molecule has 0 saturated carbocycles. The molecular weight excluding hydrogens is 388 g/mol. The van der Waals surface area contributed by atoms with Gasteiger partial charge in [-0.05, 0) is 43.6 Å². The van der Waals surface area contributed by atoms with Crippen molar-refractivity contribution in [3.05, 3.63) is 36.4 Å². The van der Waals surface area contributed by atoms with Crippen molar-refractivity contribution in [1.29, 1.82) is 0 Å². The van der Waals surface area contributed by atoms with Gasteiger partial charge in [0, 0.05) is 31.9 Å². The Balaban J connectivity index is 1.54. The number of nitrogens with zero attached hydrogens (tertiary/aromatic N) is 6. The summed E-state index contributed by atoms with van der Waals surface area (Å²) in [6.07, 6.45) is 6.86. The molecule has 0 radical (unpaired) electrons. The minimum absolute atomic E-state index is 0.488. The van der Waals surface area contributed by atoms with Crippen LogP contribution in [0.25, 0.3) is 16.7 Å². The van der Waals surface area contributed by atoms with Crippen LogP contribution in [0.3, 0.4) is 0 Å². The first-order valence-electron chi connectivity index (χ1n) is 9.58. The lowest BCUT2D eigenvalue weighted by atomic mass is 10.1. The van der Waals surface area contributed by atoms with Crippen molar-refractivity contribution in [2.75, 3.05) is 25.0 Å². The highest BCUT2D eigenvalue weighted by Crippen LogP contribution is 2.30. The van der Waals surface area contributed by atoms with Gasteiger partial charge in [0.2, 0.25) is 11.8 Å². The quantitative estimate of drug-likeness (QED) is 0.505. The van der Waals surface area contributed by atoms with Gasteiger partial charge in [-0.2, -0.15) is 14.5 Å². The molecule has 0 aromatic carbocycles. The zero-order valence-corrected chi connectivity index (χ0v) is 17.1. The fourth-order valence-electron chi connectivity index (χ4n) is 3.50. The van der Waals surface area contributed by atoms with Crippen molar-refractivity contribution in [2.45, 2.75) is 13.3 Å². The van der Waals surface area contributed by atoms with E-state index < -0.39 is 0 Å². The number of aromatic nitrogens is 6. The van der Waals surface area contributed by atoms with Gasteiger partial charge in [0.05, 0.1) is 29.7 Å². The Hall–Kier alpha value is -2.98. The highest BCUT2D eigenvalue weighted by molar-refractivity contribution is 7.10. The number of ether oxygens (including phenoxy) is 1. The molecule has 9 nitrogen and oxygen atoms in total. The molecule has 4 aromatic rings. The van der Waals surface area contributed by atoms with Gasteiger partial charge in [0.25, 0.3) is 0 Å². The highest BCUT2D eigenvalue weighted by Gasteiger charge is 2.19. The van der Waals surface area contributed by atoms with Crippen molar-refractivity contribution >= 4 is 33.5 Å². The van der Waals surface area contributed by atoms with Crippen LogP contribution in [0.5, 0.6) is 5.88 Å². The summed E-state index contributed by atoms with van der Waals surface area (Å²) in [4.78, 5) is 9.39. The van der Waals surface area contributed by atoms with E-state index in [2.05, 4.69) is 25.1 Å². The van der Waals surface area contributed by atoms with Crippen LogP contribution in [0.15, 0.2) is 30.7 Å². The van der Waals surface area contributed by atoms with Crippen LogP contribution in [-0.4, -0.2) is 48.4 Å². The summed E-state index contributed by atoms with van der Waals surface area (Å²) >= 11 is 1.39. The number of anilines is 2. The lowest BCUT2D eigenvalue weighted by molar-refractivity contribution is 0.253. The fraction of sp³-hybridized carbons (Fsp3) is 0.368. The molecule has 5 heterocycles. The van der Waals surface area contributed by atoms with Gasteiger partial charge in [-0.25, -0.2) is 4.98 Å². The predicted molar refractivity (Wildman–Crippen MR) is 112 cm³/mol. The van der Waals surface area contributed by atoms with Gasteiger partial charge >= 0.3 is 0 Å². The van der Waals surface area contributed by atoms with E-state index in [1.165, 1.54) is 11.5 Å². The first-order chi connectivity index (χ1) is 14.2. The van der Waals surface area contributed by atoms with E-state index in [0.29, 0.717) is 24.4 Å². The molecule has 0 spiro atoms. The maximum absolute atomic E-state index is 6.22. The Kier molecular flexibility index (Phi) is 4.64. The number of nitrogens with one attached hydrogen (secondary N) is 2. The standard InChI is InChI=1S/C19H22N8OS/c1-12-7-16(29-25-12)23-19-22-15-4-6-27(14-9-21-26(2)10-14)17(15)18(24-19)28-11-13-3-5-20-8-13/h4,6-7,9-10,13,20H,3,5,8,11H2,1-2H3,(H,22,23,24). The lowest BCUT2D eigenvalue weighted by Gasteiger charge is -2.13. The summed E-state index contributed by atoms with van der Waals surface area (Å²) in [6, 6.07) is 3.95. The molecule has 1 aliphatic rings. The van der Waals surface area contributed by atoms with E-state index in [1.807, 2.05) is 49.3 Å². The number of aryl methyl sites for hydroxylation is 2. The molecule has 2 N–H and O–H groups in total. The molecule has 0 aliphatic carbocycles. The molecule has 5 rings (SSSR count). The molecule has 1 aliphatic heterocycles. The predicted octanol–water partition coefficient (Wildman–Crippen LogP) is 2.65. The molecule has 1 fully saturated rings.